The number of rotatable bonds is 1. The van der Waals surface area contributed by atoms with E-state index in [-0.39, 0.29) is 0 Å². The van der Waals surface area contributed by atoms with Crippen LogP contribution in [0.4, 0.5) is 5.69 Å². The van der Waals surface area contributed by atoms with Gasteiger partial charge >= 0.3 is 0 Å². The summed E-state index contributed by atoms with van der Waals surface area (Å²) in [6, 6.07) is 3.68. The van der Waals surface area contributed by atoms with Crippen molar-refractivity contribution in [2.45, 2.75) is 16.7 Å². The SMILES string of the molecule is Cc1cc(S)c(NCl)cc1[S-]. The first-order valence-electron chi connectivity index (χ1n) is 3.02. The van der Waals surface area contributed by atoms with E-state index in [4.69, 9.17) is 24.4 Å². The van der Waals surface area contributed by atoms with Crippen molar-refractivity contribution in [1.82, 2.24) is 0 Å². The first-order valence-corrected chi connectivity index (χ1v) is 4.25. The van der Waals surface area contributed by atoms with Crippen molar-refractivity contribution < 1.29 is 0 Å². The number of aryl methyl sites for hydroxylation is 1. The second-order valence-electron chi connectivity index (χ2n) is 2.23. The zero-order chi connectivity index (χ0) is 8.43. The first kappa shape index (κ1) is 8.97. The molecule has 1 N–H and O–H groups in total. The van der Waals surface area contributed by atoms with Crippen molar-refractivity contribution in [3.63, 3.8) is 0 Å². The van der Waals surface area contributed by atoms with Gasteiger partial charge in [-0.2, -0.15) is 4.90 Å². The fourth-order valence-corrected chi connectivity index (χ4v) is 1.46. The van der Waals surface area contributed by atoms with Gasteiger partial charge in [-0.3, -0.25) is 4.84 Å². The summed E-state index contributed by atoms with van der Waals surface area (Å²) in [4.78, 5) is 4.10. The minimum atomic E-state index is 0.755. The number of anilines is 1. The van der Waals surface area contributed by atoms with Crippen molar-refractivity contribution in [1.29, 1.82) is 0 Å². The lowest BCUT2D eigenvalue weighted by Crippen LogP contribution is -1.86. The van der Waals surface area contributed by atoms with Crippen LogP contribution in [-0.2, 0) is 12.6 Å². The number of benzene rings is 1. The van der Waals surface area contributed by atoms with Gasteiger partial charge in [0.25, 0.3) is 0 Å². The number of hydrogen-bond donors (Lipinski definition) is 2. The Bertz CT molecular complexity index is 275. The minimum Gasteiger partial charge on any atom is -0.779 e. The molecule has 0 bridgehead atoms. The molecule has 0 atom stereocenters. The molecule has 0 aliphatic rings. The summed E-state index contributed by atoms with van der Waals surface area (Å²) < 4.78 is 0. The minimum absolute atomic E-state index is 0.755. The molecule has 0 amide bonds. The van der Waals surface area contributed by atoms with Crippen LogP contribution in [0.3, 0.4) is 0 Å². The van der Waals surface area contributed by atoms with E-state index in [9.17, 15) is 0 Å². The summed E-state index contributed by atoms with van der Waals surface area (Å²) in [5.41, 5.74) is 1.80. The molecule has 0 saturated carbocycles. The summed E-state index contributed by atoms with van der Waals surface area (Å²) in [5.74, 6) is 0. The van der Waals surface area contributed by atoms with Crippen LogP contribution in [0.15, 0.2) is 21.9 Å². The van der Waals surface area contributed by atoms with E-state index < -0.39 is 0 Å². The maximum atomic E-state index is 5.41. The van der Waals surface area contributed by atoms with Crippen LogP contribution >= 0.6 is 24.4 Å². The summed E-state index contributed by atoms with van der Waals surface area (Å²) in [7, 11) is 0. The molecule has 0 aromatic heterocycles. The molecular weight excluding hydrogens is 198 g/mol. The summed E-state index contributed by atoms with van der Waals surface area (Å²) >= 11 is 14.6. The van der Waals surface area contributed by atoms with Crippen LogP contribution in [0, 0.1) is 6.92 Å². The summed E-state index contributed by atoms with van der Waals surface area (Å²) in [6.45, 7) is 1.94. The Morgan fingerprint density at radius 3 is 2.73 bits per heavy atom. The maximum Gasteiger partial charge on any atom is 0.0610 e. The van der Waals surface area contributed by atoms with Crippen LogP contribution in [0.25, 0.3) is 0 Å². The number of nitrogens with one attached hydrogen (secondary N) is 1. The zero-order valence-corrected chi connectivity index (χ0v) is 8.35. The van der Waals surface area contributed by atoms with E-state index in [1.54, 1.807) is 6.07 Å². The smallest absolute Gasteiger partial charge is 0.0610 e. The van der Waals surface area contributed by atoms with Crippen molar-refractivity contribution in [3.8, 4) is 0 Å². The normalized spacial score (nSPS) is 9.73. The van der Waals surface area contributed by atoms with Gasteiger partial charge in [0, 0.05) is 16.7 Å². The Labute approximate surface area is 82.1 Å². The topological polar surface area (TPSA) is 12.0 Å². The Hall–Kier alpha value is -0.120. The quantitative estimate of drug-likeness (QED) is 0.415. The van der Waals surface area contributed by atoms with E-state index in [0.29, 0.717) is 0 Å². The molecule has 0 spiro atoms. The molecule has 0 radical (unpaired) electrons. The summed E-state index contributed by atoms with van der Waals surface area (Å²) in [5, 5.41) is 0. The fourth-order valence-electron chi connectivity index (χ4n) is 0.749. The highest BCUT2D eigenvalue weighted by atomic mass is 35.5. The monoisotopic (exact) mass is 204 g/mol. The number of hydrogen-bond acceptors (Lipinski definition) is 3. The molecule has 4 heteroatoms. The van der Waals surface area contributed by atoms with Gasteiger partial charge in [-0.25, -0.2) is 0 Å². The fraction of sp³-hybridized carbons (Fsp3) is 0.143. The van der Waals surface area contributed by atoms with Gasteiger partial charge in [0.15, 0.2) is 0 Å². The van der Waals surface area contributed by atoms with Gasteiger partial charge in [0.2, 0.25) is 0 Å². The predicted octanol–water partition coefficient (Wildman–Crippen LogP) is 2.76. The number of thiol groups is 1. The molecule has 1 rings (SSSR count). The lowest BCUT2D eigenvalue weighted by atomic mass is 10.2. The predicted molar refractivity (Wildman–Crippen MR) is 53.5 cm³/mol. The number of halogens is 1. The Morgan fingerprint density at radius 1 is 1.55 bits per heavy atom. The van der Waals surface area contributed by atoms with Crippen molar-refractivity contribution >= 4 is 42.7 Å². The van der Waals surface area contributed by atoms with E-state index in [0.717, 1.165) is 21.0 Å². The van der Waals surface area contributed by atoms with Gasteiger partial charge in [-0.1, -0.05) is 11.6 Å². The van der Waals surface area contributed by atoms with Gasteiger partial charge < -0.3 is 12.6 Å². The van der Waals surface area contributed by atoms with Crippen molar-refractivity contribution in [2.24, 2.45) is 0 Å². The molecule has 11 heavy (non-hydrogen) atoms. The van der Waals surface area contributed by atoms with E-state index >= 15 is 0 Å². The third-order valence-corrected chi connectivity index (χ3v) is 2.41. The van der Waals surface area contributed by atoms with E-state index in [2.05, 4.69) is 17.5 Å². The highest BCUT2D eigenvalue weighted by molar-refractivity contribution is 7.80. The van der Waals surface area contributed by atoms with E-state index in [1.165, 1.54) is 0 Å². The Kier molecular flexibility index (Phi) is 2.87. The standard InChI is InChI=1S/C7H8ClNS2/c1-4-2-7(11)5(9-8)3-6(4)10/h2-3,9-11H,1H3/p-1. The molecule has 60 valence electrons. The second-order valence-corrected chi connectivity index (χ2v) is 3.34. The molecular formula is C7H7ClNS2-. The zero-order valence-electron chi connectivity index (χ0n) is 5.89. The highest BCUT2D eigenvalue weighted by Gasteiger charge is 1.96. The first-order chi connectivity index (χ1) is 5.15. The molecule has 0 fully saturated rings. The molecule has 0 aliphatic heterocycles. The molecule has 0 aliphatic carbocycles. The van der Waals surface area contributed by atoms with Gasteiger partial charge in [-0.05, 0) is 13.0 Å². The maximum absolute atomic E-state index is 5.41. The van der Waals surface area contributed by atoms with Crippen molar-refractivity contribution in [3.05, 3.63) is 17.7 Å². The van der Waals surface area contributed by atoms with Gasteiger partial charge in [-0.15, -0.1) is 12.6 Å². The second kappa shape index (κ2) is 3.52. The molecule has 1 aromatic carbocycles. The van der Waals surface area contributed by atoms with Gasteiger partial charge in [0.05, 0.1) is 5.69 Å². The summed E-state index contributed by atoms with van der Waals surface area (Å²) in [6.07, 6.45) is 0. The lowest BCUT2D eigenvalue weighted by Gasteiger charge is -2.13. The van der Waals surface area contributed by atoms with Crippen LogP contribution in [-0.4, -0.2) is 0 Å². The van der Waals surface area contributed by atoms with Gasteiger partial charge in [0.1, 0.15) is 0 Å². The van der Waals surface area contributed by atoms with Crippen molar-refractivity contribution in [2.75, 3.05) is 4.84 Å². The third-order valence-electron chi connectivity index (χ3n) is 1.40. The lowest BCUT2D eigenvalue weighted by molar-refractivity contribution is 1.25. The molecule has 1 aromatic rings. The van der Waals surface area contributed by atoms with Crippen LogP contribution in [0.2, 0.25) is 0 Å². The molecule has 0 heterocycles. The van der Waals surface area contributed by atoms with Crippen LogP contribution < -0.4 is 4.84 Å². The highest BCUT2D eigenvalue weighted by Crippen LogP contribution is 2.24. The third kappa shape index (κ3) is 1.92. The average molecular weight is 205 g/mol. The van der Waals surface area contributed by atoms with Crippen LogP contribution in [0.5, 0.6) is 0 Å². The Morgan fingerprint density at radius 2 is 2.18 bits per heavy atom. The average Bonchev–Trinajstić information content (AvgIpc) is 1.97. The van der Waals surface area contributed by atoms with Crippen LogP contribution in [0.1, 0.15) is 5.56 Å². The van der Waals surface area contributed by atoms with E-state index in [1.807, 2.05) is 13.0 Å². The molecule has 0 saturated heterocycles. The Balaban J connectivity index is 3.21. The molecule has 0 unspecified atom stereocenters. The largest absolute Gasteiger partial charge is 0.779 e. The molecule has 1 nitrogen and oxygen atoms in total.